The fourth-order valence-corrected chi connectivity index (χ4v) is 5.47. The third kappa shape index (κ3) is 7.98. The number of benzene rings is 4. The van der Waals surface area contributed by atoms with Gasteiger partial charge in [0.25, 0.3) is 0 Å². The zero-order valence-corrected chi connectivity index (χ0v) is 25.8. The minimum atomic E-state index is -0.932. The van der Waals surface area contributed by atoms with E-state index in [9.17, 15) is 14.7 Å². The van der Waals surface area contributed by atoms with Crippen LogP contribution in [0.3, 0.4) is 0 Å². The fraction of sp³-hybridized carbons (Fsp3) is 0.278. The first kappa shape index (κ1) is 31.1. The SMILES string of the molecule is CC(C)(C)OC(=O)N(C[C@H](O)c1cccc(Cl)c1)[C@H]1CCc2ccc(Oc3ccc(Oc4ccccc4)c(C=O)c3)cc2C1. The zero-order valence-electron chi connectivity index (χ0n) is 25.0. The van der Waals surface area contributed by atoms with Crippen molar-refractivity contribution in [2.75, 3.05) is 6.54 Å². The van der Waals surface area contributed by atoms with Crippen molar-refractivity contribution in [2.24, 2.45) is 0 Å². The van der Waals surface area contributed by atoms with Crippen LogP contribution < -0.4 is 9.47 Å². The second-order valence-corrected chi connectivity index (χ2v) is 12.3. The van der Waals surface area contributed by atoms with Gasteiger partial charge in [0.05, 0.1) is 18.2 Å². The molecular weight excluding hydrogens is 578 g/mol. The van der Waals surface area contributed by atoms with Gasteiger partial charge in [0.15, 0.2) is 6.29 Å². The van der Waals surface area contributed by atoms with Gasteiger partial charge in [-0.1, -0.05) is 48.0 Å². The molecular formula is C36H36ClNO6. The molecule has 228 valence electrons. The standard InChI is InChI=1S/C36H36ClNO6/c1-36(2,3)44-35(41)38(22-33(40)25-8-7-9-28(37)18-25)29-14-12-24-13-15-31(20-26(24)19-29)42-32-16-17-34(27(21-32)23-39)43-30-10-5-4-6-11-30/h4-11,13,15-18,20-21,23,29,33,40H,12,14,19,22H2,1-3H3/t29-,33-/m0/s1. The number of aldehydes is 1. The van der Waals surface area contributed by atoms with Gasteiger partial charge in [-0.15, -0.1) is 0 Å². The van der Waals surface area contributed by atoms with Crippen LogP contribution in [0.15, 0.2) is 91.0 Å². The van der Waals surface area contributed by atoms with Crippen LogP contribution >= 0.6 is 11.6 Å². The van der Waals surface area contributed by atoms with Gasteiger partial charge in [-0.3, -0.25) is 4.79 Å². The highest BCUT2D eigenvalue weighted by Gasteiger charge is 2.33. The Labute approximate surface area is 262 Å². The first-order valence-electron chi connectivity index (χ1n) is 14.6. The molecule has 1 N–H and O–H groups in total. The minimum Gasteiger partial charge on any atom is -0.457 e. The summed E-state index contributed by atoms with van der Waals surface area (Å²) in [5, 5.41) is 11.6. The van der Waals surface area contributed by atoms with Crippen molar-refractivity contribution in [1.82, 2.24) is 4.90 Å². The molecule has 0 radical (unpaired) electrons. The number of aliphatic hydroxyl groups excluding tert-OH is 1. The number of rotatable bonds is 9. The van der Waals surface area contributed by atoms with E-state index in [0.717, 1.165) is 24.7 Å². The number of para-hydroxylation sites is 1. The molecule has 0 saturated carbocycles. The molecule has 0 bridgehead atoms. The number of halogens is 1. The second kappa shape index (κ2) is 13.5. The third-order valence-corrected chi connectivity index (χ3v) is 7.60. The fourth-order valence-electron chi connectivity index (χ4n) is 5.27. The number of hydrogen-bond acceptors (Lipinski definition) is 6. The highest BCUT2D eigenvalue weighted by atomic mass is 35.5. The molecule has 0 spiro atoms. The van der Waals surface area contributed by atoms with E-state index >= 15 is 0 Å². The minimum absolute atomic E-state index is 0.0668. The van der Waals surface area contributed by atoms with Crippen LogP contribution in [0, 0.1) is 0 Å². The molecule has 0 aromatic heterocycles. The molecule has 2 atom stereocenters. The van der Waals surface area contributed by atoms with E-state index in [0.29, 0.717) is 45.6 Å². The van der Waals surface area contributed by atoms with E-state index in [4.69, 9.17) is 25.8 Å². The Balaban J connectivity index is 1.34. The van der Waals surface area contributed by atoms with Gasteiger partial charge in [0, 0.05) is 11.1 Å². The summed E-state index contributed by atoms with van der Waals surface area (Å²) in [4.78, 5) is 26.9. The first-order valence-corrected chi connectivity index (χ1v) is 15.0. The van der Waals surface area contributed by atoms with Gasteiger partial charge in [0.1, 0.15) is 28.6 Å². The monoisotopic (exact) mass is 613 g/mol. The summed E-state index contributed by atoms with van der Waals surface area (Å²) >= 11 is 6.16. The predicted molar refractivity (Wildman–Crippen MR) is 170 cm³/mol. The van der Waals surface area contributed by atoms with Gasteiger partial charge < -0.3 is 24.2 Å². The molecule has 8 heteroatoms. The van der Waals surface area contributed by atoms with Crippen molar-refractivity contribution in [3.05, 3.63) is 118 Å². The maximum atomic E-state index is 13.4. The Morgan fingerprint density at radius 2 is 1.68 bits per heavy atom. The molecule has 4 aromatic rings. The lowest BCUT2D eigenvalue weighted by atomic mass is 9.87. The summed E-state index contributed by atoms with van der Waals surface area (Å²) < 4.78 is 17.8. The van der Waals surface area contributed by atoms with Crippen LogP contribution in [-0.2, 0) is 17.6 Å². The number of carbonyl (C=O) groups excluding carboxylic acids is 2. The number of aliphatic hydroxyl groups is 1. The van der Waals surface area contributed by atoms with E-state index in [1.165, 1.54) is 5.56 Å². The molecule has 1 amide bonds. The lowest BCUT2D eigenvalue weighted by Crippen LogP contribution is -2.47. The average molecular weight is 614 g/mol. The lowest BCUT2D eigenvalue weighted by molar-refractivity contribution is 0.00195. The van der Waals surface area contributed by atoms with Crippen LogP contribution in [0.2, 0.25) is 5.02 Å². The van der Waals surface area contributed by atoms with E-state index in [1.807, 2.05) is 69.3 Å². The van der Waals surface area contributed by atoms with E-state index in [1.54, 1.807) is 47.4 Å². The molecule has 4 aromatic carbocycles. The van der Waals surface area contributed by atoms with Crippen LogP contribution in [-0.4, -0.2) is 40.6 Å². The summed E-state index contributed by atoms with van der Waals surface area (Å²) in [6, 6.07) is 27.1. The Kier molecular flexibility index (Phi) is 9.57. The number of amides is 1. The van der Waals surface area contributed by atoms with Gasteiger partial charge >= 0.3 is 6.09 Å². The van der Waals surface area contributed by atoms with Gasteiger partial charge in [-0.25, -0.2) is 4.79 Å². The number of hydrogen-bond donors (Lipinski definition) is 1. The summed E-state index contributed by atoms with van der Waals surface area (Å²) in [7, 11) is 0. The van der Waals surface area contributed by atoms with Gasteiger partial charge in [-0.05, 0) is 111 Å². The topological polar surface area (TPSA) is 85.3 Å². The van der Waals surface area contributed by atoms with Crippen LogP contribution in [0.5, 0.6) is 23.0 Å². The summed E-state index contributed by atoms with van der Waals surface area (Å²) in [6.45, 7) is 5.54. The number of carbonyl (C=O) groups is 2. The highest BCUT2D eigenvalue weighted by Crippen LogP contribution is 2.34. The zero-order chi connectivity index (χ0) is 31.3. The normalized spacial score (nSPS) is 15.1. The molecule has 0 saturated heterocycles. The van der Waals surface area contributed by atoms with E-state index in [2.05, 4.69) is 0 Å². The molecule has 0 heterocycles. The molecule has 0 aliphatic heterocycles. The average Bonchev–Trinajstić information content (AvgIpc) is 2.99. The smallest absolute Gasteiger partial charge is 0.410 e. The third-order valence-electron chi connectivity index (χ3n) is 7.37. The Morgan fingerprint density at radius 3 is 2.41 bits per heavy atom. The van der Waals surface area contributed by atoms with Gasteiger partial charge in [0.2, 0.25) is 0 Å². The lowest BCUT2D eigenvalue weighted by Gasteiger charge is -2.37. The Morgan fingerprint density at radius 1 is 0.932 bits per heavy atom. The quantitative estimate of drug-likeness (QED) is 0.190. The molecule has 1 aliphatic rings. The van der Waals surface area contributed by atoms with Crippen molar-refractivity contribution in [1.29, 1.82) is 0 Å². The Bertz CT molecular complexity index is 1620. The summed E-state index contributed by atoms with van der Waals surface area (Å²) in [5.74, 6) is 2.18. The molecule has 44 heavy (non-hydrogen) atoms. The van der Waals surface area contributed by atoms with E-state index < -0.39 is 17.8 Å². The van der Waals surface area contributed by atoms with Crippen molar-refractivity contribution in [2.45, 2.75) is 57.8 Å². The number of fused-ring (bicyclic) bond motifs is 1. The van der Waals surface area contributed by atoms with Crippen molar-refractivity contribution < 1.29 is 28.9 Å². The van der Waals surface area contributed by atoms with E-state index in [-0.39, 0.29) is 12.6 Å². The predicted octanol–water partition coefficient (Wildman–Crippen LogP) is 8.57. The number of aryl methyl sites for hydroxylation is 1. The molecule has 0 unspecified atom stereocenters. The largest absolute Gasteiger partial charge is 0.457 e. The molecule has 5 rings (SSSR count). The highest BCUT2D eigenvalue weighted by molar-refractivity contribution is 6.30. The van der Waals surface area contributed by atoms with Crippen molar-refractivity contribution >= 4 is 24.0 Å². The van der Waals surface area contributed by atoms with Crippen molar-refractivity contribution in [3.63, 3.8) is 0 Å². The van der Waals surface area contributed by atoms with Crippen molar-refractivity contribution in [3.8, 4) is 23.0 Å². The number of nitrogens with zero attached hydrogens (tertiary/aromatic N) is 1. The maximum absolute atomic E-state index is 13.4. The molecule has 0 fully saturated rings. The second-order valence-electron chi connectivity index (χ2n) is 11.9. The maximum Gasteiger partial charge on any atom is 0.410 e. The van der Waals surface area contributed by atoms with Crippen LogP contribution in [0.1, 0.15) is 60.3 Å². The van der Waals surface area contributed by atoms with Crippen LogP contribution in [0.4, 0.5) is 4.79 Å². The number of ether oxygens (including phenoxy) is 3. The van der Waals surface area contributed by atoms with Crippen LogP contribution in [0.25, 0.3) is 0 Å². The Hall–Kier alpha value is -4.33. The van der Waals surface area contributed by atoms with Gasteiger partial charge in [-0.2, -0.15) is 0 Å². The molecule has 1 aliphatic carbocycles. The summed E-state index contributed by atoms with van der Waals surface area (Å²) in [6.07, 6.45) is 1.38. The molecule has 7 nitrogen and oxygen atoms in total. The first-order chi connectivity index (χ1) is 21.1. The summed E-state index contributed by atoms with van der Waals surface area (Å²) in [5.41, 5.74) is 2.53.